The van der Waals surface area contributed by atoms with E-state index in [1.54, 1.807) is 33.9 Å². The average Bonchev–Trinajstić information content (AvgIpc) is 3.39. The molecule has 200 valence electrons. The van der Waals surface area contributed by atoms with Crippen molar-refractivity contribution in [1.29, 1.82) is 0 Å². The minimum absolute atomic E-state index is 0.0182. The lowest BCUT2D eigenvalue weighted by molar-refractivity contribution is -0.161. The Hall–Kier alpha value is -4.08. The maximum atomic E-state index is 13.2. The molecule has 0 radical (unpaired) electrons. The summed E-state index contributed by atoms with van der Waals surface area (Å²) in [6.07, 6.45) is 0.807. The number of ether oxygens (including phenoxy) is 1. The van der Waals surface area contributed by atoms with Crippen molar-refractivity contribution in [3.63, 3.8) is 0 Å². The molecule has 0 saturated carbocycles. The molecule has 15 nitrogen and oxygen atoms in total. The number of carboxylic acids is 1. The van der Waals surface area contributed by atoms with Gasteiger partial charge in [0.05, 0.1) is 24.5 Å². The van der Waals surface area contributed by atoms with E-state index < -0.39 is 52.9 Å². The van der Waals surface area contributed by atoms with Crippen molar-refractivity contribution in [2.75, 3.05) is 5.32 Å². The summed E-state index contributed by atoms with van der Waals surface area (Å²) >= 11 is 0.978. The quantitative estimate of drug-likeness (QED) is 0.200. The summed E-state index contributed by atoms with van der Waals surface area (Å²) in [5, 5.41) is 30.5. The van der Waals surface area contributed by atoms with E-state index in [0.29, 0.717) is 5.69 Å². The topological polar surface area (TPSA) is 199 Å². The number of amides is 3. The van der Waals surface area contributed by atoms with E-state index in [0.717, 1.165) is 11.3 Å². The lowest BCUT2D eigenvalue weighted by Gasteiger charge is -2.36. The molecule has 1 fully saturated rings. The van der Waals surface area contributed by atoms with Crippen molar-refractivity contribution in [2.24, 2.45) is 5.16 Å². The number of nitrogens with zero attached hydrogens (tertiary/aromatic N) is 5. The Morgan fingerprint density at radius 1 is 1.27 bits per heavy atom. The van der Waals surface area contributed by atoms with Gasteiger partial charge in [-0.05, 0) is 41.5 Å². The maximum absolute atomic E-state index is 13.2. The number of hydrogen-bond donors (Lipinski definition) is 4. The van der Waals surface area contributed by atoms with Gasteiger partial charge >= 0.3 is 12.1 Å². The fourth-order valence-corrected chi connectivity index (χ4v) is 3.53. The molecule has 1 aliphatic rings. The highest BCUT2D eigenvalue weighted by molar-refractivity contribution is 7.14. The Balaban J connectivity index is 1.79. The number of hydrogen-bond acceptors (Lipinski definition) is 11. The first-order valence-corrected chi connectivity index (χ1v) is 12.0. The number of anilines is 1. The maximum Gasteiger partial charge on any atom is 0.413 e. The van der Waals surface area contributed by atoms with Gasteiger partial charge in [0.2, 0.25) is 11.5 Å². The van der Waals surface area contributed by atoms with E-state index in [4.69, 9.17) is 9.57 Å². The number of carbonyl (C=O) groups excluding carboxylic acids is 3. The Labute approximate surface area is 215 Å². The number of oxime groups is 1. The highest BCUT2D eigenvalue weighted by Crippen LogP contribution is 2.20. The molecule has 3 rings (SSSR count). The molecule has 0 bridgehead atoms. The number of β-lactam (4-membered cyclic amide) rings is 1. The smallest absolute Gasteiger partial charge is 0.413 e. The van der Waals surface area contributed by atoms with Gasteiger partial charge in [-0.25, -0.2) is 14.6 Å². The molecule has 3 heterocycles. The SMILES string of the molecule is Cc1cnn(C[C@@H]2NC(=O)[C@H]2NC(=O)C(=NOC(C)(C)C(=O)O)c2csc(NC(=O)OC(C)(C)C)n2)n1. The Morgan fingerprint density at radius 3 is 2.54 bits per heavy atom. The van der Waals surface area contributed by atoms with Gasteiger partial charge in [-0.2, -0.15) is 15.0 Å². The van der Waals surface area contributed by atoms with E-state index >= 15 is 0 Å². The van der Waals surface area contributed by atoms with Crippen LogP contribution in [-0.2, 0) is 30.5 Å². The van der Waals surface area contributed by atoms with Crippen LogP contribution in [0.5, 0.6) is 0 Å². The first kappa shape index (κ1) is 27.5. The van der Waals surface area contributed by atoms with Crippen LogP contribution < -0.4 is 16.0 Å². The lowest BCUT2D eigenvalue weighted by Crippen LogP contribution is -2.70. The van der Waals surface area contributed by atoms with Crippen LogP contribution in [0.25, 0.3) is 0 Å². The van der Waals surface area contributed by atoms with Gasteiger partial charge < -0.3 is 25.3 Å². The number of aryl methyl sites for hydroxylation is 1. The molecule has 2 aromatic heterocycles. The molecule has 0 spiro atoms. The predicted octanol–water partition coefficient (Wildman–Crippen LogP) is 0.657. The molecular formula is C21H28N8O7S. The van der Waals surface area contributed by atoms with E-state index in [1.165, 1.54) is 24.0 Å². The summed E-state index contributed by atoms with van der Waals surface area (Å²) in [6.45, 7) is 9.57. The average molecular weight is 537 g/mol. The molecule has 16 heteroatoms. The summed E-state index contributed by atoms with van der Waals surface area (Å²) in [4.78, 5) is 59.5. The molecule has 1 aliphatic heterocycles. The number of nitrogens with one attached hydrogen (secondary N) is 3. The van der Waals surface area contributed by atoms with Crippen molar-refractivity contribution in [2.45, 2.75) is 71.4 Å². The van der Waals surface area contributed by atoms with Crippen LogP contribution in [0.15, 0.2) is 16.7 Å². The standard InChI is InChI=1S/C21H28N8O7S/c1-10-7-22-29(27-10)8-11-13(15(30)23-11)25-16(31)14(28-36-21(5,6)17(32)33)12-9-37-18(24-12)26-19(34)35-20(2,3)4/h7,9,11,13H,8H2,1-6H3,(H,23,30)(H,25,31)(H,32,33)(H,24,26,34)/t11-,13-/m0/s1. The molecule has 3 amide bonds. The third-order valence-electron chi connectivity index (χ3n) is 4.76. The molecule has 0 aliphatic carbocycles. The van der Waals surface area contributed by atoms with Crippen LogP contribution in [0, 0.1) is 6.92 Å². The van der Waals surface area contributed by atoms with E-state index in [2.05, 4.69) is 36.3 Å². The molecule has 1 saturated heterocycles. The summed E-state index contributed by atoms with van der Waals surface area (Å²) in [5.74, 6) is -2.59. The fraction of sp³-hybridized carbons (Fsp3) is 0.524. The zero-order valence-corrected chi connectivity index (χ0v) is 21.9. The van der Waals surface area contributed by atoms with Gasteiger partial charge in [0.1, 0.15) is 17.3 Å². The second kappa shape index (κ2) is 10.5. The van der Waals surface area contributed by atoms with Crippen molar-refractivity contribution in [1.82, 2.24) is 30.6 Å². The second-order valence-corrected chi connectivity index (χ2v) is 10.5. The highest BCUT2D eigenvalue weighted by Gasteiger charge is 2.42. The second-order valence-electron chi connectivity index (χ2n) is 9.62. The Kier molecular flexibility index (Phi) is 7.80. The molecule has 37 heavy (non-hydrogen) atoms. The molecular weight excluding hydrogens is 508 g/mol. The zero-order chi connectivity index (χ0) is 27.5. The van der Waals surface area contributed by atoms with Gasteiger partial charge in [-0.15, -0.1) is 11.3 Å². The number of rotatable bonds is 9. The van der Waals surface area contributed by atoms with Gasteiger partial charge in [0, 0.05) is 5.38 Å². The summed E-state index contributed by atoms with van der Waals surface area (Å²) in [6, 6.07) is -1.44. The molecule has 0 unspecified atom stereocenters. The fourth-order valence-electron chi connectivity index (χ4n) is 2.85. The van der Waals surface area contributed by atoms with E-state index in [1.807, 2.05) is 0 Å². The number of aromatic nitrogens is 4. The zero-order valence-electron chi connectivity index (χ0n) is 21.1. The first-order chi connectivity index (χ1) is 17.1. The summed E-state index contributed by atoms with van der Waals surface area (Å²) < 4.78 is 5.19. The molecule has 4 N–H and O–H groups in total. The Bertz CT molecular complexity index is 1230. The first-order valence-electron chi connectivity index (χ1n) is 11.1. The highest BCUT2D eigenvalue weighted by atomic mass is 32.1. The van der Waals surface area contributed by atoms with Crippen LogP contribution in [-0.4, -0.2) is 78.0 Å². The lowest BCUT2D eigenvalue weighted by atomic mass is 9.98. The number of carbonyl (C=O) groups is 4. The third-order valence-corrected chi connectivity index (χ3v) is 5.52. The van der Waals surface area contributed by atoms with Gasteiger partial charge in [-0.1, -0.05) is 5.16 Å². The monoisotopic (exact) mass is 536 g/mol. The Morgan fingerprint density at radius 2 is 1.97 bits per heavy atom. The number of thiazole rings is 1. The van der Waals surface area contributed by atoms with Crippen molar-refractivity contribution in [3.8, 4) is 0 Å². The number of carboxylic acid groups (broad SMARTS) is 1. The molecule has 0 aromatic carbocycles. The predicted molar refractivity (Wildman–Crippen MR) is 130 cm³/mol. The third kappa shape index (κ3) is 7.22. The minimum atomic E-state index is -1.76. The van der Waals surface area contributed by atoms with Crippen LogP contribution >= 0.6 is 11.3 Å². The largest absolute Gasteiger partial charge is 0.478 e. The minimum Gasteiger partial charge on any atom is -0.478 e. The normalized spacial score (nSPS) is 17.9. The van der Waals surface area contributed by atoms with Crippen LogP contribution in [0.4, 0.5) is 9.93 Å². The van der Waals surface area contributed by atoms with E-state index in [-0.39, 0.29) is 17.4 Å². The molecule has 2 aromatic rings. The van der Waals surface area contributed by atoms with Crippen molar-refractivity contribution >= 4 is 46.1 Å². The van der Waals surface area contributed by atoms with E-state index in [9.17, 15) is 24.3 Å². The van der Waals surface area contributed by atoms with Crippen molar-refractivity contribution < 1.29 is 33.9 Å². The van der Waals surface area contributed by atoms with Crippen LogP contribution in [0.2, 0.25) is 0 Å². The summed E-state index contributed by atoms with van der Waals surface area (Å²) in [5.41, 5.74) is -2.22. The number of aliphatic carboxylic acids is 1. The van der Waals surface area contributed by atoms with Gasteiger partial charge in [0.25, 0.3) is 5.91 Å². The van der Waals surface area contributed by atoms with Crippen molar-refractivity contribution in [3.05, 3.63) is 23.0 Å². The van der Waals surface area contributed by atoms with Crippen LogP contribution in [0.3, 0.4) is 0 Å². The van der Waals surface area contributed by atoms with Gasteiger partial charge in [-0.3, -0.25) is 14.9 Å². The van der Waals surface area contributed by atoms with Gasteiger partial charge in [0.15, 0.2) is 10.8 Å². The summed E-state index contributed by atoms with van der Waals surface area (Å²) in [7, 11) is 0. The molecule has 2 atom stereocenters. The van der Waals surface area contributed by atoms with Crippen LogP contribution in [0.1, 0.15) is 46.0 Å².